The van der Waals surface area contributed by atoms with E-state index in [4.69, 9.17) is 21.3 Å². The van der Waals surface area contributed by atoms with Crippen LogP contribution in [0.5, 0.6) is 0 Å². The first-order valence-corrected chi connectivity index (χ1v) is 13.1. The lowest BCUT2D eigenvalue weighted by Crippen LogP contribution is -2.37. The topological polar surface area (TPSA) is 79.4 Å². The van der Waals surface area contributed by atoms with Gasteiger partial charge in [-0.2, -0.15) is 0 Å². The summed E-state index contributed by atoms with van der Waals surface area (Å²) in [6.45, 7) is 6.48. The predicted molar refractivity (Wildman–Crippen MR) is 136 cm³/mol. The number of pyridine rings is 2. The third-order valence-electron chi connectivity index (χ3n) is 6.11. The molecular weight excluding hydrogens is 458 g/mol. The number of carbonyl (C=O) groups is 1. The highest BCUT2D eigenvalue weighted by Gasteiger charge is 2.26. The molecule has 1 amide bonds. The summed E-state index contributed by atoms with van der Waals surface area (Å²) in [7, 11) is 0. The number of amides is 1. The van der Waals surface area contributed by atoms with Gasteiger partial charge >= 0.3 is 0 Å². The van der Waals surface area contributed by atoms with Crippen LogP contribution in [-0.2, 0) is 9.53 Å². The summed E-state index contributed by atoms with van der Waals surface area (Å²) in [4.78, 5) is 22.0. The van der Waals surface area contributed by atoms with Crippen molar-refractivity contribution >= 4 is 41.1 Å². The number of halogens is 1. The van der Waals surface area contributed by atoms with Gasteiger partial charge in [-0.3, -0.25) is 4.79 Å². The van der Waals surface area contributed by atoms with Crippen molar-refractivity contribution in [2.24, 2.45) is 11.8 Å². The molecule has 2 aliphatic heterocycles. The first kappa shape index (κ1) is 24.3. The second-order valence-electron chi connectivity index (χ2n) is 8.53. The normalized spacial score (nSPS) is 19.9. The van der Waals surface area contributed by atoms with Gasteiger partial charge in [0.25, 0.3) is 0 Å². The van der Waals surface area contributed by atoms with E-state index in [-0.39, 0.29) is 11.8 Å². The molecule has 2 aromatic heterocycles. The standard InChI is InChI=1S/C24H32ClN5O2S/c1-2-33-30-10-4-5-18(16-30)24(31)29-23-13-19(20(25)15-27-23)21-6-3-7-22(28-21)26-14-17-8-11-32-12-9-17/h3,6-7,13,15,17-18H,2,4-5,8-12,14,16H2,1H3,(H,26,28)(H,27,29,31). The van der Waals surface area contributed by atoms with E-state index in [1.54, 1.807) is 18.1 Å². The van der Waals surface area contributed by atoms with Crippen molar-refractivity contribution in [2.75, 3.05) is 49.2 Å². The molecule has 0 spiro atoms. The molecule has 9 heteroatoms. The average molecular weight is 490 g/mol. The number of nitrogens with zero attached hydrogens (tertiary/aromatic N) is 3. The van der Waals surface area contributed by atoms with Crippen LogP contribution in [0.1, 0.15) is 32.6 Å². The number of ether oxygens (including phenoxy) is 1. The minimum atomic E-state index is -0.0328. The predicted octanol–water partition coefficient (Wildman–Crippen LogP) is 4.95. The first-order chi connectivity index (χ1) is 16.1. The molecule has 1 unspecified atom stereocenters. The Kier molecular flexibility index (Phi) is 8.83. The third-order valence-corrected chi connectivity index (χ3v) is 7.37. The smallest absolute Gasteiger partial charge is 0.229 e. The lowest BCUT2D eigenvalue weighted by atomic mass is 9.99. The zero-order chi connectivity index (χ0) is 23.0. The maximum Gasteiger partial charge on any atom is 0.229 e. The van der Waals surface area contributed by atoms with Crippen molar-refractivity contribution in [1.82, 2.24) is 14.3 Å². The Balaban J connectivity index is 1.42. The van der Waals surface area contributed by atoms with Gasteiger partial charge in [-0.05, 0) is 49.8 Å². The van der Waals surface area contributed by atoms with E-state index in [1.807, 2.05) is 24.3 Å². The van der Waals surface area contributed by atoms with E-state index in [2.05, 4.69) is 26.8 Å². The highest BCUT2D eigenvalue weighted by molar-refractivity contribution is 7.96. The van der Waals surface area contributed by atoms with E-state index >= 15 is 0 Å². The van der Waals surface area contributed by atoms with Crippen LogP contribution in [0.25, 0.3) is 11.3 Å². The number of aromatic nitrogens is 2. The number of carbonyl (C=O) groups excluding carboxylic acids is 1. The quantitative estimate of drug-likeness (QED) is 0.507. The van der Waals surface area contributed by atoms with Crippen LogP contribution in [0.4, 0.5) is 11.6 Å². The molecule has 0 bridgehead atoms. The Morgan fingerprint density at radius 1 is 1.27 bits per heavy atom. The van der Waals surface area contributed by atoms with Crippen LogP contribution in [0.2, 0.25) is 5.02 Å². The number of rotatable bonds is 8. The zero-order valence-electron chi connectivity index (χ0n) is 19.1. The molecule has 0 saturated carbocycles. The van der Waals surface area contributed by atoms with E-state index < -0.39 is 0 Å². The summed E-state index contributed by atoms with van der Waals surface area (Å²) in [5.41, 5.74) is 1.50. The molecule has 4 rings (SSSR count). The molecule has 2 saturated heterocycles. The third kappa shape index (κ3) is 6.82. The first-order valence-electron chi connectivity index (χ1n) is 11.8. The van der Waals surface area contributed by atoms with Crippen molar-refractivity contribution in [3.63, 3.8) is 0 Å². The second-order valence-corrected chi connectivity index (χ2v) is 10.3. The number of nitrogens with one attached hydrogen (secondary N) is 2. The van der Waals surface area contributed by atoms with E-state index in [0.29, 0.717) is 16.8 Å². The lowest BCUT2D eigenvalue weighted by molar-refractivity contribution is -0.120. The largest absolute Gasteiger partial charge is 0.381 e. The minimum Gasteiger partial charge on any atom is -0.381 e. The molecule has 7 nitrogen and oxygen atoms in total. The van der Waals surface area contributed by atoms with E-state index in [1.165, 1.54) is 0 Å². The Hall–Kier alpha value is -1.87. The molecular formula is C24H32ClN5O2S. The highest BCUT2D eigenvalue weighted by Crippen LogP contribution is 2.30. The van der Waals surface area contributed by atoms with Gasteiger partial charge in [0.2, 0.25) is 5.91 Å². The maximum atomic E-state index is 12.9. The Morgan fingerprint density at radius 2 is 2.12 bits per heavy atom. The number of hydrogen-bond acceptors (Lipinski definition) is 7. The summed E-state index contributed by atoms with van der Waals surface area (Å²) in [5.74, 6) is 2.91. The fourth-order valence-electron chi connectivity index (χ4n) is 4.27. The van der Waals surface area contributed by atoms with Gasteiger partial charge in [0.1, 0.15) is 11.6 Å². The molecule has 2 fully saturated rings. The van der Waals surface area contributed by atoms with Gasteiger partial charge in [0.15, 0.2) is 0 Å². The number of anilines is 2. The van der Waals surface area contributed by atoms with Crippen LogP contribution in [-0.4, -0.2) is 58.8 Å². The molecule has 1 atom stereocenters. The van der Waals surface area contributed by atoms with Gasteiger partial charge in [-0.25, -0.2) is 14.3 Å². The molecule has 2 N–H and O–H groups in total. The Bertz CT molecular complexity index is 939. The van der Waals surface area contributed by atoms with Gasteiger partial charge in [-0.1, -0.05) is 36.5 Å². The lowest BCUT2D eigenvalue weighted by Gasteiger charge is -2.30. The number of hydrogen-bond donors (Lipinski definition) is 2. The summed E-state index contributed by atoms with van der Waals surface area (Å²) in [6, 6.07) is 7.66. The molecule has 0 radical (unpaired) electrons. The van der Waals surface area contributed by atoms with Gasteiger partial charge < -0.3 is 15.4 Å². The average Bonchev–Trinajstić information content (AvgIpc) is 2.85. The van der Waals surface area contributed by atoms with Gasteiger partial charge in [0.05, 0.1) is 16.6 Å². The molecule has 178 valence electrons. The Labute approximate surface area is 205 Å². The van der Waals surface area contributed by atoms with Gasteiger partial charge in [0, 0.05) is 50.4 Å². The second kappa shape index (κ2) is 12.0. The summed E-state index contributed by atoms with van der Waals surface area (Å²) >= 11 is 8.26. The maximum absolute atomic E-state index is 12.9. The molecule has 2 aliphatic rings. The summed E-state index contributed by atoms with van der Waals surface area (Å²) < 4.78 is 7.73. The summed E-state index contributed by atoms with van der Waals surface area (Å²) in [6.07, 6.45) is 5.65. The molecule has 33 heavy (non-hydrogen) atoms. The summed E-state index contributed by atoms with van der Waals surface area (Å²) in [5, 5.41) is 6.95. The van der Waals surface area contributed by atoms with Crippen molar-refractivity contribution in [2.45, 2.75) is 32.6 Å². The molecule has 4 heterocycles. The Morgan fingerprint density at radius 3 is 2.94 bits per heavy atom. The fraction of sp³-hybridized carbons (Fsp3) is 0.542. The van der Waals surface area contributed by atoms with Crippen LogP contribution in [0.15, 0.2) is 30.5 Å². The molecule has 0 aromatic carbocycles. The fourth-order valence-corrected chi connectivity index (χ4v) is 5.38. The van der Waals surface area contributed by atoms with Crippen molar-refractivity contribution < 1.29 is 9.53 Å². The van der Waals surface area contributed by atoms with E-state index in [0.717, 1.165) is 81.4 Å². The van der Waals surface area contributed by atoms with Gasteiger partial charge in [-0.15, -0.1) is 0 Å². The van der Waals surface area contributed by atoms with Crippen LogP contribution >= 0.6 is 23.5 Å². The zero-order valence-corrected chi connectivity index (χ0v) is 20.6. The molecule has 2 aromatic rings. The van der Waals surface area contributed by atoms with Crippen LogP contribution < -0.4 is 10.6 Å². The minimum absolute atomic E-state index is 0.0111. The SMILES string of the molecule is CCSN1CCCC(C(=O)Nc2cc(-c3cccc(NCC4CCOCC4)n3)c(Cl)cn2)C1. The van der Waals surface area contributed by atoms with Crippen molar-refractivity contribution in [3.8, 4) is 11.3 Å². The van der Waals surface area contributed by atoms with E-state index in [9.17, 15) is 4.79 Å². The monoisotopic (exact) mass is 489 g/mol. The molecule has 0 aliphatic carbocycles. The van der Waals surface area contributed by atoms with Crippen molar-refractivity contribution in [1.29, 1.82) is 0 Å². The van der Waals surface area contributed by atoms with Crippen LogP contribution in [0, 0.1) is 11.8 Å². The van der Waals surface area contributed by atoms with Crippen LogP contribution in [0.3, 0.4) is 0 Å². The van der Waals surface area contributed by atoms with Crippen molar-refractivity contribution in [3.05, 3.63) is 35.5 Å². The highest BCUT2D eigenvalue weighted by atomic mass is 35.5. The number of piperidine rings is 1.